The lowest BCUT2D eigenvalue weighted by molar-refractivity contribution is 0.416. The van der Waals surface area contributed by atoms with E-state index in [9.17, 15) is 0 Å². The molecular formula is C16H26ClN3. The highest BCUT2D eigenvalue weighted by Gasteiger charge is 2.21. The quantitative estimate of drug-likeness (QED) is 0.860. The number of anilines is 1. The van der Waals surface area contributed by atoms with E-state index in [0.717, 1.165) is 36.0 Å². The van der Waals surface area contributed by atoms with Gasteiger partial charge in [0.2, 0.25) is 0 Å². The summed E-state index contributed by atoms with van der Waals surface area (Å²) in [7, 11) is 0. The molecule has 20 heavy (non-hydrogen) atoms. The molecule has 1 fully saturated rings. The van der Waals surface area contributed by atoms with Crippen molar-refractivity contribution in [2.45, 2.75) is 58.5 Å². The molecule has 0 unspecified atom stereocenters. The fourth-order valence-electron chi connectivity index (χ4n) is 3.02. The van der Waals surface area contributed by atoms with Crippen LogP contribution in [0.2, 0.25) is 5.02 Å². The second kappa shape index (κ2) is 7.84. The second-order valence-electron chi connectivity index (χ2n) is 5.49. The lowest BCUT2D eigenvalue weighted by atomic mass is 9.94. The fourth-order valence-corrected chi connectivity index (χ4v) is 3.19. The predicted octanol–water partition coefficient (Wildman–Crippen LogP) is 4.00. The normalized spacial score (nSPS) is 16.4. The lowest BCUT2D eigenvalue weighted by Crippen LogP contribution is -2.37. The van der Waals surface area contributed by atoms with Gasteiger partial charge in [0.25, 0.3) is 0 Å². The molecule has 112 valence electrons. The number of nitrogens with zero attached hydrogens (tertiary/aromatic N) is 2. The van der Waals surface area contributed by atoms with Crippen molar-refractivity contribution in [1.82, 2.24) is 10.3 Å². The van der Waals surface area contributed by atoms with Gasteiger partial charge in [-0.3, -0.25) is 0 Å². The first kappa shape index (κ1) is 15.6. The van der Waals surface area contributed by atoms with Crippen molar-refractivity contribution in [1.29, 1.82) is 0 Å². The van der Waals surface area contributed by atoms with Gasteiger partial charge in [-0.15, -0.1) is 0 Å². The van der Waals surface area contributed by atoms with Crippen LogP contribution < -0.4 is 10.2 Å². The Kier molecular flexibility index (Phi) is 6.11. The maximum absolute atomic E-state index is 6.24. The number of hydrogen-bond donors (Lipinski definition) is 1. The fraction of sp³-hybridized carbons (Fsp3) is 0.688. The van der Waals surface area contributed by atoms with E-state index >= 15 is 0 Å². The van der Waals surface area contributed by atoms with Gasteiger partial charge in [-0.2, -0.15) is 0 Å². The maximum atomic E-state index is 6.24. The summed E-state index contributed by atoms with van der Waals surface area (Å²) < 4.78 is 0. The van der Waals surface area contributed by atoms with Gasteiger partial charge in [0.15, 0.2) is 0 Å². The number of nitrogens with one attached hydrogen (secondary N) is 1. The van der Waals surface area contributed by atoms with E-state index in [-0.39, 0.29) is 0 Å². The van der Waals surface area contributed by atoms with Crippen LogP contribution in [0.5, 0.6) is 0 Å². The van der Waals surface area contributed by atoms with Crippen molar-refractivity contribution in [3.63, 3.8) is 0 Å². The molecule has 0 bridgehead atoms. The lowest BCUT2D eigenvalue weighted by Gasteiger charge is -2.34. The molecule has 0 spiro atoms. The zero-order valence-corrected chi connectivity index (χ0v) is 13.4. The van der Waals surface area contributed by atoms with Crippen LogP contribution in [0, 0.1) is 0 Å². The summed E-state index contributed by atoms with van der Waals surface area (Å²) in [6.45, 7) is 7.10. The van der Waals surface area contributed by atoms with Crippen LogP contribution in [0.4, 0.5) is 5.82 Å². The summed E-state index contributed by atoms with van der Waals surface area (Å²) in [5.74, 6) is 1.08. The summed E-state index contributed by atoms with van der Waals surface area (Å²) in [5, 5.41) is 4.10. The molecule has 1 aliphatic rings. The van der Waals surface area contributed by atoms with Gasteiger partial charge < -0.3 is 10.2 Å². The Hall–Kier alpha value is -0.800. The van der Waals surface area contributed by atoms with Gasteiger partial charge in [0.1, 0.15) is 5.82 Å². The highest BCUT2D eigenvalue weighted by atomic mass is 35.5. The molecule has 0 aliphatic heterocycles. The SMILES string of the molecule is CCNCc1cc(N(CC)C2CCCCC2)ncc1Cl. The Balaban J connectivity index is 2.16. The van der Waals surface area contributed by atoms with Crippen molar-refractivity contribution in [3.05, 3.63) is 22.8 Å². The molecule has 1 aromatic rings. The molecule has 3 nitrogen and oxygen atoms in total. The first-order valence-corrected chi connectivity index (χ1v) is 8.25. The Morgan fingerprint density at radius 1 is 1.30 bits per heavy atom. The van der Waals surface area contributed by atoms with Crippen LogP contribution in [-0.2, 0) is 6.54 Å². The zero-order chi connectivity index (χ0) is 14.4. The van der Waals surface area contributed by atoms with Crippen LogP contribution in [0.25, 0.3) is 0 Å². The number of halogens is 1. The van der Waals surface area contributed by atoms with E-state index in [1.807, 2.05) is 0 Å². The zero-order valence-electron chi connectivity index (χ0n) is 12.7. The van der Waals surface area contributed by atoms with Crippen LogP contribution in [0.15, 0.2) is 12.3 Å². The number of rotatable bonds is 6. The molecule has 0 radical (unpaired) electrons. The second-order valence-corrected chi connectivity index (χ2v) is 5.90. The molecule has 2 rings (SSSR count). The summed E-state index contributed by atoms with van der Waals surface area (Å²) in [6, 6.07) is 2.80. The van der Waals surface area contributed by atoms with Gasteiger partial charge >= 0.3 is 0 Å². The number of aromatic nitrogens is 1. The third kappa shape index (κ3) is 3.86. The Bertz CT molecular complexity index is 416. The van der Waals surface area contributed by atoms with E-state index < -0.39 is 0 Å². The van der Waals surface area contributed by atoms with E-state index in [1.165, 1.54) is 32.1 Å². The van der Waals surface area contributed by atoms with E-state index in [2.05, 4.69) is 35.1 Å². The Morgan fingerprint density at radius 2 is 2.05 bits per heavy atom. The van der Waals surface area contributed by atoms with Crippen molar-refractivity contribution in [2.75, 3.05) is 18.0 Å². The van der Waals surface area contributed by atoms with E-state index in [1.54, 1.807) is 6.20 Å². The third-order valence-electron chi connectivity index (χ3n) is 4.14. The van der Waals surface area contributed by atoms with E-state index in [4.69, 9.17) is 11.6 Å². The highest BCUT2D eigenvalue weighted by molar-refractivity contribution is 6.31. The molecule has 1 heterocycles. The minimum atomic E-state index is 0.648. The van der Waals surface area contributed by atoms with Crippen molar-refractivity contribution < 1.29 is 0 Å². The van der Waals surface area contributed by atoms with Crippen LogP contribution in [0.3, 0.4) is 0 Å². The topological polar surface area (TPSA) is 28.2 Å². The molecule has 0 atom stereocenters. The van der Waals surface area contributed by atoms with Crippen molar-refractivity contribution >= 4 is 17.4 Å². The van der Waals surface area contributed by atoms with Gasteiger partial charge in [-0.05, 0) is 37.9 Å². The van der Waals surface area contributed by atoms with Crippen molar-refractivity contribution in [3.8, 4) is 0 Å². The van der Waals surface area contributed by atoms with Gasteiger partial charge in [0, 0.05) is 25.3 Å². The molecule has 1 saturated carbocycles. The number of hydrogen-bond acceptors (Lipinski definition) is 3. The molecular weight excluding hydrogens is 270 g/mol. The molecule has 0 saturated heterocycles. The predicted molar refractivity (Wildman–Crippen MR) is 86.5 cm³/mol. The molecule has 0 aromatic carbocycles. The Morgan fingerprint density at radius 3 is 2.70 bits per heavy atom. The monoisotopic (exact) mass is 295 g/mol. The summed E-state index contributed by atoms with van der Waals surface area (Å²) in [5.41, 5.74) is 1.15. The van der Waals surface area contributed by atoms with Gasteiger partial charge in [-0.25, -0.2) is 4.98 Å². The highest BCUT2D eigenvalue weighted by Crippen LogP contribution is 2.28. The third-order valence-corrected chi connectivity index (χ3v) is 4.48. The Labute approximate surface area is 127 Å². The molecule has 4 heteroatoms. The summed E-state index contributed by atoms with van der Waals surface area (Å²) >= 11 is 6.24. The molecule has 1 aromatic heterocycles. The maximum Gasteiger partial charge on any atom is 0.129 e. The van der Waals surface area contributed by atoms with E-state index in [0.29, 0.717) is 6.04 Å². The summed E-state index contributed by atoms with van der Waals surface area (Å²) in [4.78, 5) is 7.01. The molecule has 1 aliphatic carbocycles. The summed E-state index contributed by atoms with van der Waals surface area (Å²) in [6.07, 6.45) is 8.46. The minimum absolute atomic E-state index is 0.648. The van der Waals surface area contributed by atoms with Crippen LogP contribution in [-0.4, -0.2) is 24.1 Å². The molecule has 0 amide bonds. The standard InChI is InChI=1S/C16H26ClN3/c1-3-18-11-13-10-16(19-12-15(13)17)20(4-2)14-8-6-5-7-9-14/h10,12,14,18H,3-9,11H2,1-2H3. The number of pyridine rings is 1. The van der Waals surface area contributed by atoms with Gasteiger partial charge in [0.05, 0.1) is 5.02 Å². The first-order chi connectivity index (χ1) is 9.76. The smallest absolute Gasteiger partial charge is 0.129 e. The van der Waals surface area contributed by atoms with Crippen LogP contribution in [0.1, 0.15) is 51.5 Å². The average Bonchev–Trinajstić information content (AvgIpc) is 2.49. The molecule has 1 N–H and O–H groups in total. The first-order valence-electron chi connectivity index (χ1n) is 7.88. The van der Waals surface area contributed by atoms with Crippen LogP contribution >= 0.6 is 11.6 Å². The minimum Gasteiger partial charge on any atom is -0.354 e. The van der Waals surface area contributed by atoms with Gasteiger partial charge in [-0.1, -0.05) is 37.8 Å². The van der Waals surface area contributed by atoms with Crippen molar-refractivity contribution in [2.24, 2.45) is 0 Å². The average molecular weight is 296 g/mol. The largest absolute Gasteiger partial charge is 0.354 e.